The molecule has 0 aliphatic rings. The zero-order valence-corrected chi connectivity index (χ0v) is 25.7. The zero-order chi connectivity index (χ0) is 31.3. The van der Waals surface area contributed by atoms with Crippen molar-refractivity contribution in [2.24, 2.45) is 11.7 Å². The number of nitrogens with two attached hydrogens (primary N) is 1. The first-order valence-electron chi connectivity index (χ1n) is 14.2. The van der Waals surface area contributed by atoms with E-state index in [0.717, 1.165) is 12.0 Å². The number of aryl methyl sites for hydroxylation is 1. The molecular weight excluding hydrogens is 528 g/mol. The standard InChI is InChI=1S/C30H48N4O7/c1-9-40-25(36)16-17-32-27(37)26(22-13-11-10-12-20(22)4)34(21(5)15-14-19(2)3)28(38)23(18-24(31)35)33-29(39)41-30(6,7)8/h10-13,19,21,23,26H,9,14-18H2,1-8H3,(H2,31,35)(H,32,37)(H,33,39). The molecule has 3 atom stereocenters. The van der Waals surface area contributed by atoms with Crippen LogP contribution in [0.3, 0.4) is 0 Å². The molecule has 11 heteroatoms. The maximum atomic E-state index is 14.3. The summed E-state index contributed by atoms with van der Waals surface area (Å²) in [6, 6.07) is 4.21. The molecule has 0 saturated heterocycles. The molecule has 0 heterocycles. The zero-order valence-electron chi connectivity index (χ0n) is 25.7. The van der Waals surface area contributed by atoms with Gasteiger partial charge in [0.1, 0.15) is 17.7 Å². The summed E-state index contributed by atoms with van der Waals surface area (Å²) in [6.45, 7) is 14.7. The lowest BCUT2D eigenvalue weighted by molar-refractivity contribution is -0.146. The second-order valence-corrected chi connectivity index (χ2v) is 11.5. The van der Waals surface area contributed by atoms with E-state index in [0.29, 0.717) is 17.9 Å². The topological polar surface area (TPSA) is 157 Å². The van der Waals surface area contributed by atoms with E-state index in [9.17, 15) is 24.0 Å². The van der Waals surface area contributed by atoms with Gasteiger partial charge in [-0.25, -0.2) is 4.79 Å². The van der Waals surface area contributed by atoms with Crippen molar-refractivity contribution in [2.45, 2.75) is 105 Å². The van der Waals surface area contributed by atoms with Crippen LogP contribution in [0.5, 0.6) is 0 Å². The van der Waals surface area contributed by atoms with Gasteiger partial charge < -0.3 is 30.7 Å². The number of primary amides is 1. The number of carbonyl (C=O) groups is 5. The molecule has 230 valence electrons. The number of hydrogen-bond acceptors (Lipinski definition) is 7. The number of nitrogens with zero attached hydrogens (tertiary/aromatic N) is 1. The normalized spacial score (nSPS) is 13.5. The van der Waals surface area contributed by atoms with E-state index in [4.69, 9.17) is 15.2 Å². The van der Waals surface area contributed by atoms with Gasteiger partial charge >= 0.3 is 12.1 Å². The second-order valence-electron chi connectivity index (χ2n) is 11.5. The van der Waals surface area contributed by atoms with Crippen molar-refractivity contribution in [3.63, 3.8) is 0 Å². The number of rotatable bonds is 15. The summed E-state index contributed by atoms with van der Waals surface area (Å²) in [5.41, 5.74) is 5.96. The van der Waals surface area contributed by atoms with Crippen molar-refractivity contribution in [3.05, 3.63) is 35.4 Å². The molecule has 1 aromatic rings. The van der Waals surface area contributed by atoms with Crippen LogP contribution in [0, 0.1) is 12.8 Å². The van der Waals surface area contributed by atoms with E-state index in [1.165, 1.54) is 4.90 Å². The largest absolute Gasteiger partial charge is 0.466 e. The Labute approximate surface area is 243 Å². The van der Waals surface area contributed by atoms with Crippen LogP contribution < -0.4 is 16.4 Å². The predicted octanol–water partition coefficient (Wildman–Crippen LogP) is 3.53. The lowest BCUT2D eigenvalue weighted by Crippen LogP contribution is -2.56. The fourth-order valence-electron chi connectivity index (χ4n) is 4.27. The SMILES string of the molecule is CCOC(=O)CCNC(=O)C(c1ccccc1C)N(C(=O)C(CC(N)=O)NC(=O)OC(C)(C)C)C(C)CCC(C)C. The van der Waals surface area contributed by atoms with Crippen LogP contribution >= 0.6 is 0 Å². The third-order valence-electron chi connectivity index (χ3n) is 6.23. The number of hydrogen-bond donors (Lipinski definition) is 3. The number of benzene rings is 1. The number of alkyl carbamates (subject to hydrolysis) is 1. The van der Waals surface area contributed by atoms with Gasteiger partial charge in [-0.05, 0) is 71.4 Å². The first kappa shape index (κ1) is 35.4. The Balaban J connectivity index is 3.59. The van der Waals surface area contributed by atoms with Gasteiger partial charge in [0.05, 0.1) is 19.4 Å². The second kappa shape index (κ2) is 16.6. The highest BCUT2D eigenvalue weighted by Crippen LogP contribution is 2.29. The highest BCUT2D eigenvalue weighted by Gasteiger charge is 2.39. The van der Waals surface area contributed by atoms with E-state index >= 15 is 0 Å². The summed E-state index contributed by atoms with van der Waals surface area (Å²) in [4.78, 5) is 66.0. The fraction of sp³-hybridized carbons (Fsp3) is 0.633. The molecule has 0 aliphatic heterocycles. The Morgan fingerprint density at radius 2 is 1.66 bits per heavy atom. The lowest BCUT2D eigenvalue weighted by atomic mass is 9.94. The van der Waals surface area contributed by atoms with Crippen LogP contribution in [-0.4, -0.2) is 65.5 Å². The van der Waals surface area contributed by atoms with Gasteiger partial charge in [-0.15, -0.1) is 0 Å². The molecule has 1 rings (SSSR count). The number of amides is 4. The molecule has 4 N–H and O–H groups in total. The van der Waals surface area contributed by atoms with Crippen molar-refractivity contribution in [1.82, 2.24) is 15.5 Å². The summed E-state index contributed by atoms with van der Waals surface area (Å²) in [5, 5.41) is 5.26. The molecule has 1 aromatic carbocycles. The Morgan fingerprint density at radius 3 is 2.20 bits per heavy atom. The van der Waals surface area contributed by atoms with Gasteiger partial charge in [-0.1, -0.05) is 38.1 Å². The molecule has 0 radical (unpaired) electrons. The Morgan fingerprint density at radius 1 is 1.02 bits per heavy atom. The average molecular weight is 577 g/mol. The van der Waals surface area contributed by atoms with Crippen LogP contribution in [-0.2, 0) is 28.7 Å². The van der Waals surface area contributed by atoms with Gasteiger partial charge in [-0.3, -0.25) is 19.2 Å². The molecule has 0 spiro atoms. The Bertz CT molecular complexity index is 1050. The van der Waals surface area contributed by atoms with Crippen molar-refractivity contribution >= 4 is 29.8 Å². The van der Waals surface area contributed by atoms with Gasteiger partial charge in [0.15, 0.2) is 0 Å². The fourth-order valence-corrected chi connectivity index (χ4v) is 4.27. The van der Waals surface area contributed by atoms with E-state index < -0.39 is 59.9 Å². The number of carbonyl (C=O) groups excluding carboxylic acids is 5. The predicted molar refractivity (Wildman–Crippen MR) is 156 cm³/mol. The Hall–Kier alpha value is -3.63. The highest BCUT2D eigenvalue weighted by molar-refractivity contribution is 5.95. The smallest absolute Gasteiger partial charge is 0.408 e. The minimum absolute atomic E-state index is 0.00330. The van der Waals surface area contributed by atoms with Crippen LogP contribution in [0.2, 0.25) is 0 Å². The summed E-state index contributed by atoms with van der Waals surface area (Å²) >= 11 is 0. The van der Waals surface area contributed by atoms with Crippen LogP contribution in [0.25, 0.3) is 0 Å². The highest BCUT2D eigenvalue weighted by atomic mass is 16.6. The van der Waals surface area contributed by atoms with Gasteiger partial charge in [0, 0.05) is 12.6 Å². The molecule has 11 nitrogen and oxygen atoms in total. The van der Waals surface area contributed by atoms with Crippen molar-refractivity contribution < 1.29 is 33.4 Å². The number of nitrogens with one attached hydrogen (secondary N) is 2. The lowest BCUT2D eigenvalue weighted by Gasteiger charge is -2.39. The van der Waals surface area contributed by atoms with Crippen molar-refractivity contribution in [3.8, 4) is 0 Å². The first-order valence-corrected chi connectivity index (χ1v) is 14.2. The third-order valence-corrected chi connectivity index (χ3v) is 6.23. The van der Waals surface area contributed by atoms with Crippen LogP contribution in [0.1, 0.15) is 91.3 Å². The molecule has 4 amide bonds. The molecule has 0 bridgehead atoms. The minimum atomic E-state index is -1.37. The van der Waals surface area contributed by atoms with Crippen LogP contribution in [0.4, 0.5) is 4.79 Å². The summed E-state index contributed by atoms with van der Waals surface area (Å²) in [6.07, 6.45) is -0.107. The molecule has 0 fully saturated rings. The molecule has 0 aromatic heterocycles. The molecule has 0 aliphatic carbocycles. The van der Waals surface area contributed by atoms with Crippen molar-refractivity contribution in [1.29, 1.82) is 0 Å². The quantitative estimate of drug-likeness (QED) is 0.270. The molecule has 41 heavy (non-hydrogen) atoms. The first-order chi connectivity index (χ1) is 19.1. The van der Waals surface area contributed by atoms with E-state index in [1.807, 2.05) is 26.0 Å². The third kappa shape index (κ3) is 12.6. The van der Waals surface area contributed by atoms with Gasteiger partial charge in [0.25, 0.3) is 0 Å². The van der Waals surface area contributed by atoms with Gasteiger partial charge in [0.2, 0.25) is 17.7 Å². The molecule has 3 unspecified atom stereocenters. The monoisotopic (exact) mass is 576 g/mol. The van der Waals surface area contributed by atoms with Crippen molar-refractivity contribution in [2.75, 3.05) is 13.2 Å². The maximum absolute atomic E-state index is 14.3. The molecular formula is C30H48N4O7. The minimum Gasteiger partial charge on any atom is -0.466 e. The van der Waals surface area contributed by atoms with Gasteiger partial charge in [-0.2, -0.15) is 0 Å². The summed E-state index contributed by atoms with van der Waals surface area (Å²) in [5.74, 6) is -2.10. The van der Waals surface area contributed by atoms with Crippen LogP contribution in [0.15, 0.2) is 24.3 Å². The number of esters is 1. The summed E-state index contributed by atoms with van der Waals surface area (Å²) in [7, 11) is 0. The summed E-state index contributed by atoms with van der Waals surface area (Å²) < 4.78 is 10.3. The van der Waals surface area contributed by atoms with E-state index in [1.54, 1.807) is 39.8 Å². The Kier molecular flexibility index (Phi) is 14.3. The maximum Gasteiger partial charge on any atom is 0.408 e. The average Bonchev–Trinajstić information content (AvgIpc) is 2.84. The van der Waals surface area contributed by atoms with E-state index in [2.05, 4.69) is 24.5 Å². The molecule has 0 saturated carbocycles. The number of ether oxygens (including phenoxy) is 2. The van der Waals surface area contributed by atoms with E-state index in [-0.39, 0.29) is 19.6 Å².